The van der Waals surface area contributed by atoms with Crippen LogP contribution in [0.3, 0.4) is 0 Å². The number of nitriles is 3. The van der Waals surface area contributed by atoms with Crippen molar-refractivity contribution in [3.63, 3.8) is 0 Å². The summed E-state index contributed by atoms with van der Waals surface area (Å²) in [6.07, 6.45) is 8.84. The van der Waals surface area contributed by atoms with E-state index in [9.17, 15) is 44.6 Å². The molecule has 0 saturated carbocycles. The first-order valence-electron chi connectivity index (χ1n) is 43.9. The minimum absolute atomic E-state index is 0.00586. The van der Waals surface area contributed by atoms with Crippen LogP contribution < -0.4 is 48.6 Å². The molecular weight excluding hydrogens is 2110 g/mol. The standard InChI is InChI=1S/3C33H30Cl5N7O2/c3*1-7-21(46)44-16(5)12-43(13-17(44)6)31-18-10-20(34)29(22-23(35)24(36)25(37)26(38)27(22)40)42-32(18)45(33(47)19(31)11-39)30-15(4)8-9-41-28(30)14(2)3/h3*7-10,14,16-17H,1,12-13,40H2,2-6H3/t3*16-,17+. The number of hydrogen-bond acceptors (Lipinski definition) is 21. The van der Waals surface area contributed by atoms with E-state index in [1.165, 1.54) is 31.9 Å². The smallest absolute Gasteiger partial charge is 0.276 e. The van der Waals surface area contributed by atoms with Gasteiger partial charge in [0, 0.05) is 127 Å². The first-order chi connectivity index (χ1) is 66.5. The van der Waals surface area contributed by atoms with Crippen molar-refractivity contribution in [1.82, 2.24) is 58.3 Å². The first kappa shape index (κ1) is 108. The van der Waals surface area contributed by atoms with E-state index in [1.807, 2.05) is 119 Å². The number of nitrogen functional groups attached to an aromatic ring is 3. The predicted molar refractivity (Wildman–Crippen MR) is 575 cm³/mol. The van der Waals surface area contributed by atoms with Gasteiger partial charge in [-0.1, -0.05) is 235 Å². The molecule has 3 fully saturated rings. The Hall–Kier alpha value is -10.6. The van der Waals surface area contributed by atoms with Gasteiger partial charge in [-0.2, -0.15) is 15.8 Å². The Kier molecular flexibility index (Phi) is 32.7. The second-order valence-corrected chi connectivity index (χ2v) is 41.1. The molecule has 0 spiro atoms. The van der Waals surface area contributed by atoms with Crippen LogP contribution in [-0.4, -0.2) is 152 Å². The van der Waals surface area contributed by atoms with Crippen molar-refractivity contribution in [2.45, 2.75) is 158 Å². The van der Waals surface area contributed by atoms with Crippen LogP contribution in [0, 0.1) is 54.8 Å². The third kappa shape index (κ3) is 19.1. The summed E-state index contributed by atoms with van der Waals surface area (Å²) < 4.78 is 4.17. The Labute approximate surface area is 887 Å². The second-order valence-electron chi connectivity index (χ2n) is 35.3. The molecule has 3 aromatic carbocycles. The number of anilines is 6. The molecule has 732 valence electrons. The van der Waals surface area contributed by atoms with Crippen LogP contribution >= 0.6 is 174 Å². The molecule has 42 heteroatoms. The van der Waals surface area contributed by atoms with Crippen molar-refractivity contribution in [3.8, 4) is 69.0 Å². The zero-order valence-electron chi connectivity index (χ0n) is 78.4. The summed E-state index contributed by atoms with van der Waals surface area (Å²) in [6, 6.07) is 15.0. The molecule has 3 saturated heterocycles. The van der Waals surface area contributed by atoms with Crippen molar-refractivity contribution < 1.29 is 14.4 Å². The lowest BCUT2D eigenvalue weighted by molar-refractivity contribution is -0.131. The molecule has 3 amide bonds. The molecule has 27 nitrogen and oxygen atoms in total. The van der Waals surface area contributed by atoms with Crippen molar-refractivity contribution in [2.24, 2.45) is 0 Å². The van der Waals surface area contributed by atoms with Crippen molar-refractivity contribution in [3.05, 3.63) is 250 Å². The zero-order chi connectivity index (χ0) is 104. The van der Waals surface area contributed by atoms with Gasteiger partial charge in [0.05, 0.1) is 161 Å². The van der Waals surface area contributed by atoms with Gasteiger partial charge < -0.3 is 46.6 Å². The molecule has 12 heterocycles. The Morgan fingerprint density at radius 2 is 0.567 bits per heavy atom. The summed E-state index contributed by atoms with van der Waals surface area (Å²) in [4.78, 5) is 122. The fourth-order valence-corrected chi connectivity index (χ4v) is 22.5. The molecule has 3 aliphatic rings. The van der Waals surface area contributed by atoms with Gasteiger partial charge >= 0.3 is 0 Å². The SMILES string of the molecule is C=CC(=O)N1[C@H](C)CN(c2c(C#N)c(=O)n(-c3c(C)ccnc3C(C)C)c3nc(-c4c(N)c(Cl)c(Cl)c(Cl)c4Cl)c(Cl)cc23)C[C@@H]1C.C=CC(=O)N1[C@H](C)CN(c2c(C#N)c(=O)n(-c3c(C)ccnc3C(C)C)c3nc(-c4c(N)c(Cl)c(Cl)c(Cl)c4Cl)c(Cl)cc23)C[C@@H]1C.C=CC(=O)N1[C@H](C)CN(c2c(C#N)c(=O)n(-c3c(C)ccnc3C(C)C)c3nc(-c4c(N)c(Cl)c(Cl)c(Cl)c4Cl)c(Cl)cc23)C[C@@H]1C. The van der Waals surface area contributed by atoms with E-state index in [2.05, 4.69) is 52.9 Å². The van der Waals surface area contributed by atoms with Crippen LogP contribution in [0.2, 0.25) is 75.3 Å². The van der Waals surface area contributed by atoms with E-state index in [0.29, 0.717) is 107 Å². The van der Waals surface area contributed by atoms with Gasteiger partial charge in [-0.3, -0.25) is 57.4 Å². The number of halogens is 15. The van der Waals surface area contributed by atoms with Gasteiger partial charge in [0.2, 0.25) is 17.7 Å². The van der Waals surface area contributed by atoms with Crippen molar-refractivity contribution in [1.29, 1.82) is 15.8 Å². The number of aromatic nitrogens is 9. The van der Waals surface area contributed by atoms with E-state index >= 15 is 0 Å². The maximum Gasteiger partial charge on any atom is 0.276 e. The molecular formula is C99H90Cl15N21O6. The lowest BCUT2D eigenvalue weighted by atomic mass is 10.0. The second kappa shape index (κ2) is 42.8. The lowest BCUT2D eigenvalue weighted by Crippen LogP contribution is -2.58. The Balaban J connectivity index is 0.000000178. The monoisotopic (exact) mass is 2190 g/mol. The van der Waals surface area contributed by atoms with Crippen LogP contribution in [0.5, 0.6) is 0 Å². The van der Waals surface area contributed by atoms with E-state index < -0.39 is 16.7 Å². The third-order valence-electron chi connectivity index (χ3n) is 25.0. The molecule has 15 rings (SSSR count). The van der Waals surface area contributed by atoms with E-state index in [-0.39, 0.29) is 232 Å². The number of pyridine rings is 9. The Bertz CT molecular complexity index is 6850. The number of piperazine rings is 3. The molecule has 0 bridgehead atoms. The Morgan fingerprint density at radius 1 is 0.362 bits per heavy atom. The number of hydrogen-bond donors (Lipinski definition) is 3. The number of carbonyl (C=O) groups excluding carboxylic acids is 3. The largest absolute Gasteiger partial charge is 0.397 e. The van der Waals surface area contributed by atoms with Gasteiger partial charge in [0.15, 0.2) is 0 Å². The summed E-state index contributed by atoms with van der Waals surface area (Å²) in [5, 5.41) is 32.8. The highest BCUT2D eigenvalue weighted by molar-refractivity contribution is 6.57. The van der Waals surface area contributed by atoms with Crippen molar-refractivity contribution in [2.75, 3.05) is 71.2 Å². The predicted octanol–water partition coefficient (Wildman–Crippen LogP) is 24.6. The molecule has 3 aliphatic heterocycles. The minimum Gasteiger partial charge on any atom is -0.397 e. The molecule has 0 radical (unpaired) electrons. The summed E-state index contributed by atoms with van der Waals surface area (Å²) in [6.45, 7) is 41.5. The van der Waals surface area contributed by atoms with Crippen LogP contribution in [-0.2, 0) is 14.4 Å². The summed E-state index contributed by atoms with van der Waals surface area (Å²) in [5.74, 6) is -0.909. The topological polar surface area (TPSA) is 363 Å². The number of benzene rings is 3. The van der Waals surface area contributed by atoms with Gasteiger partial charge in [0.25, 0.3) is 16.7 Å². The Morgan fingerprint density at radius 3 is 0.759 bits per heavy atom. The van der Waals surface area contributed by atoms with Crippen molar-refractivity contribution >= 4 is 259 Å². The van der Waals surface area contributed by atoms with Crippen LogP contribution in [0.1, 0.15) is 151 Å². The number of carbonyl (C=O) groups is 3. The first-order valence-corrected chi connectivity index (χ1v) is 49.5. The average Bonchev–Trinajstić information content (AvgIpc) is 0.725. The van der Waals surface area contributed by atoms with Gasteiger partial charge in [0.1, 0.15) is 51.8 Å². The number of fused-ring (bicyclic) bond motifs is 3. The third-order valence-corrected chi connectivity index (χ3v) is 31.3. The number of rotatable bonds is 15. The summed E-state index contributed by atoms with van der Waals surface area (Å²) in [7, 11) is 0. The maximum atomic E-state index is 14.6. The molecule has 6 atom stereocenters. The van der Waals surface area contributed by atoms with Gasteiger partial charge in [-0.05, 0) is 151 Å². The molecule has 12 aromatic rings. The molecule has 6 N–H and O–H groups in total. The summed E-state index contributed by atoms with van der Waals surface area (Å²) in [5.41, 5.74) is 24.8. The van der Waals surface area contributed by atoms with Crippen LogP contribution in [0.4, 0.5) is 34.1 Å². The molecule has 9 aromatic heterocycles. The average molecular weight is 2200 g/mol. The number of amides is 3. The fourth-order valence-electron chi connectivity index (χ4n) is 18.9. The fraction of sp³-hybridized carbons (Fsp3) is 0.303. The number of nitrogens with zero attached hydrogens (tertiary/aromatic N) is 18. The highest BCUT2D eigenvalue weighted by atomic mass is 35.5. The lowest BCUT2D eigenvalue weighted by Gasteiger charge is -2.45. The summed E-state index contributed by atoms with van der Waals surface area (Å²) >= 11 is 98.3. The highest BCUT2D eigenvalue weighted by Crippen LogP contribution is 2.54. The van der Waals surface area contributed by atoms with Gasteiger partial charge in [-0.15, -0.1) is 0 Å². The van der Waals surface area contributed by atoms with E-state index in [0.717, 1.165) is 16.7 Å². The molecule has 0 unspecified atom stereocenters. The molecule has 0 aliphatic carbocycles. The number of aryl methyl sites for hydroxylation is 3. The van der Waals surface area contributed by atoms with Crippen LogP contribution in [0.15, 0.2) is 107 Å². The van der Waals surface area contributed by atoms with Crippen LogP contribution in [0.25, 0.3) is 83.9 Å². The minimum atomic E-state index is -0.607. The van der Waals surface area contributed by atoms with Gasteiger partial charge in [-0.25, -0.2) is 15.0 Å². The normalized spacial score (nSPS) is 16.6. The van der Waals surface area contributed by atoms with E-state index in [4.69, 9.17) is 206 Å². The van der Waals surface area contributed by atoms with E-state index in [1.54, 1.807) is 69.7 Å². The zero-order valence-corrected chi connectivity index (χ0v) is 89.7. The quantitative estimate of drug-likeness (QED) is 0.0371. The maximum absolute atomic E-state index is 14.6. The number of nitrogens with two attached hydrogens (primary N) is 3. The highest BCUT2D eigenvalue weighted by Gasteiger charge is 2.42. The molecule has 141 heavy (non-hydrogen) atoms.